The highest BCUT2D eigenvalue weighted by Crippen LogP contribution is 2.30. The molecule has 1 aliphatic heterocycles. The number of nitrogens with zero attached hydrogens (tertiary/aromatic N) is 1. The summed E-state index contributed by atoms with van der Waals surface area (Å²) < 4.78 is 27.8. The predicted molar refractivity (Wildman–Crippen MR) is 85.4 cm³/mol. The molecule has 1 aliphatic carbocycles. The largest absolute Gasteiger partial charge is 0.312 e. The second kappa shape index (κ2) is 6.01. The van der Waals surface area contributed by atoms with Crippen LogP contribution in [-0.2, 0) is 21.2 Å². The van der Waals surface area contributed by atoms with E-state index in [2.05, 4.69) is 4.72 Å². The lowest BCUT2D eigenvalue weighted by molar-refractivity contribution is -0.116. The lowest BCUT2D eigenvalue weighted by Crippen LogP contribution is -2.34. The van der Waals surface area contributed by atoms with Gasteiger partial charge in [-0.3, -0.25) is 4.79 Å². The smallest absolute Gasteiger partial charge is 0.240 e. The quantitative estimate of drug-likeness (QED) is 0.928. The van der Waals surface area contributed by atoms with E-state index in [0.29, 0.717) is 11.4 Å². The van der Waals surface area contributed by atoms with Gasteiger partial charge in [0.1, 0.15) is 0 Å². The van der Waals surface area contributed by atoms with E-state index in [0.717, 1.165) is 49.8 Å². The lowest BCUT2D eigenvalue weighted by atomic mass is 10.0. The summed E-state index contributed by atoms with van der Waals surface area (Å²) in [5.41, 5.74) is 1.79. The number of rotatable bonds is 3. The van der Waals surface area contributed by atoms with Crippen LogP contribution in [0.3, 0.4) is 0 Å². The summed E-state index contributed by atoms with van der Waals surface area (Å²) in [6, 6.07) is 5.16. The van der Waals surface area contributed by atoms with Crippen LogP contribution in [0.15, 0.2) is 23.1 Å². The summed E-state index contributed by atoms with van der Waals surface area (Å²) in [5, 5.41) is 0. The highest BCUT2D eigenvalue weighted by molar-refractivity contribution is 7.89. The van der Waals surface area contributed by atoms with Gasteiger partial charge in [-0.25, -0.2) is 13.1 Å². The number of benzene rings is 1. The van der Waals surface area contributed by atoms with Crippen LogP contribution >= 0.6 is 0 Å². The standard InChI is InChI=1S/C16H22N2O3S/c1-12(19)18-10-4-5-13-11-15(8-9-16(13)18)22(20,21)17-14-6-2-3-7-14/h8-9,11,14,17H,2-7,10H2,1H3. The van der Waals surface area contributed by atoms with Gasteiger partial charge in [-0.1, -0.05) is 12.8 Å². The number of amides is 1. The molecule has 0 radical (unpaired) electrons. The number of hydrogen-bond donors (Lipinski definition) is 1. The molecule has 1 fully saturated rings. The molecular formula is C16H22N2O3S. The zero-order valence-corrected chi connectivity index (χ0v) is 13.7. The lowest BCUT2D eigenvalue weighted by Gasteiger charge is -2.29. The highest BCUT2D eigenvalue weighted by Gasteiger charge is 2.25. The maximum atomic E-state index is 12.5. The molecule has 0 aromatic heterocycles. The van der Waals surface area contributed by atoms with Crippen molar-refractivity contribution in [3.8, 4) is 0 Å². The van der Waals surface area contributed by atoms with Crippen LogP contribution in [0.1, 0.15) is 44.6 Å². The molecule has 5 nitrogen and oxygen atoms in total. The third-order valence-electron chi connectivity index (χ3n) is 4.54. The van der Waals surface area contributed by atoms with E-state index < -0.39 is 10.0 Å². The normalized spacial score (nSPS) is 19.2. The molecule has 1 aromatic carbocycles. The maximum Gasteiger partial charge on any atom is 0.240 e. The third kappa shape index (κ3) is 3.03. The topological polar surface area (TPSA) is 66.5 Å². The van der Waals surface area contributed by atoms with E-state index in [9.17, 15) is 13.2 Å². The molecule has 1 aromatic rings. The Bertz CT molecular complexity index is 679. The van der Waals surface area contributed by atoms with Crippen LogP contribution in [0.25, 0.3) is 0 Å². The Balaban J connectivity index is 1.88. The Kier molecular flexibility index (Phi) is 4.23. The fraction of sp³-hybridized carbons (Fsp3) is 0.562. The van der Waals surface area contributed by atoms with Crippen LogP contribution in [0.4, 0.5) is 5.69 Å². The first-order chi connectivity index (χ1) is 10.5. The average Bonchev–Trinajstić information content (AvgIpc) is 2.98. The zero-order chi connectivity index (χ0) is 15.7. The van der Waals surface area contributed by atoms with Crippen molar-refractivity contribution >= 4 is 21.6 Å². The summed E-state index contributed by atoms with van der Waals surface area (Å²) in [6.07, 6.45) is 5.69. The summed E-state index contributed by atoms with van der Waals surface area (Å²) in [5.74, 6) is 0.000591. The first-order valence-electron chi connectivity index (χ1n) is 7.91. The van der Waals surface area contributed by atoms with Crippen LogP contribution in [-0.4, -0.2) is 26.9 Å². The second-order valence-corrected chi connectivity index (χ2v) is 7.88. The number of anilines is 1. The predicted octanol–water partition coefficient (Wildman–Crippen LogP) is 2.21. The fourth-order valence-corrected chi connectivity index (χ4v) is 4.75. The van der Waals surface area contributed by atoms with Crippen molar-refractivity contribution in [3.05, 3.63) is 23.8 Å². The average molecular weight is 322 g/mol. The zero-order valence-electron chi connectivity index (χ0n) is 12.8. The summed E-state index contributed by atoms with van der Waals surface area (Å²) in [4.78, 5) is 13.7. The monoisotopic (exact) mass is 322 g/mol. The van der Waals surface area contributed by atoms with Crippen molar-refractivity contribution in [2.45, 2.75) is 56.4 Å². The molecule has 1 amide bonds. The third-order valence-corrected chi connectivity index (χ3v) is 6.06. The molecule has 6 heteroatoms. The second-order valence-electron chi connectivity index (χ2n) is 6.17. The molecule has 0 unspecified atom stereocenters. The van der Waals surface area contributed by atoms with Crippen LogP contribution in [0.5, 0.6) is 0 Å². The van der Waals surface area contributed by atoms with E-state index in [4.69, 9.17) is 0 Å². The molecule has 0 saturated heterocycles. The minimum atomic E-state index is -3.47. The number of sulfonamides is 1. The number of carbonyl (C=O) groups is 1. The Morgan fingerprint density at radius 1 is 1.23 bits per heavy atom. The first-order valence-corrected chi connectivity index (χ1v) is 9.39. The Hall–Kier alpha value is -1.40. The summed E-state index contributed by atoms with van der Waals surface area (Å²) in [7, 11) is -3.47. The Morgan fingerprint density at radius 2 is 1.95 bits per heavy atom. The van der Waals surface area contributed by atoms with E-state index in [1.165, 1.54) is 0 Å². The van der Waals surface area contributed by atoms with Gasteiger partial charge in [-0.2, -0.15) is 0 Å². The molecule has 3 rings (SSSR count). The van der Waals surface area contributed by atoms with Crippen molar-refractivity contribution < 1.29 is 13.2 Å². The van der Waals surface area contributed by atoms with Crippen LogP contribution in [0, 0.1) is 0 Å². The number of carbonyl (C=O) groups excluding carboxylic acids is 1. The minimum Gasteiger partial charge on any atom is -0.312 e. The summed E-state index contributed by atoms with van der Waals surface area (Å²) >= 11 is 0. The molecule has 1 N–H and O–H groups in total. The van der Waals surface area contributed by atoms with Crippen molar-refractivity contribution in [1.29, 1.82) is 0 Å². The Morgan fingerprint density at radius 3 is 2.64 bits per heavy atom. The van der Waals surface area contributed by atoms with Gasteiger partial charge >= 0.3 is 0 Å². The fourth-order valence-electron chi connectivity index (χ4n) is 3.40. The molecule has 0 bridgehead atoms. The van der Waals surface area contributed by atoms with Gasteiger partial charge < -0.3 is 4.90 Å². The van der Waals surface area contributed by atoms with Gasteiger partial charge in [0, 0.05) is 25.2 Å². The van der Waals surface area contributed by atoms with Crippen LogP contribution in [0.2, 0.25) is 0 Å². The van der Waals surface area contributed by atoms with Gasteiger partial charge in [0.2, 0.25) is 15.9 Å². The summed E-state index contributed by atoms with van der Waals surface area (Å²) in [6.45, 7) is 2.25. The molecular weight excluding hydrogens is 300 g/mol. The van der Waals surface area contributed by atoms with Gasteiger partial charge in [0.15, 0.2) is 0 Å². The molecule has 120 valence electrons. The molecule has 1 heterocycles. The van der Waals surface area contributed by atoms with E-state index in [1.54, 1.807) is 30.0 Å². The van der Waals surface area contributed by atoms with Crippen molar-refractivity contribution in [1.82, 2.24) is 4.72 Å². The van der Waals surface area contributed by atoms with Gasteiger partial charge in [-0.05, 0) is 49.4 Å². The SMILES string of the molecule is CC(=O)N1CCCc2cc(S(=O)(=O)NC3CCCC3)ccc21. The van der Waals surface area contributed by atoms with E-state index in [-0.39, 0.29) is 11.9 Å². The minimum absolute atomic E-state index is 0.000591. The number of aryl methyl sites for hydroxylation is 1. The number of hydrogen-bond acceptors (Lipinski definition) is 3. The van der Waals surface area contributed by atoms with Crippen molar-refractivity contribution in [3.63, 3.8) is 0 Å². The van der Waals surface area contributed by atoms with Gasteiger partial charge in [0.25, 0.3) is 0 Å². The van der Waals surface area contributed by atoms with Crippen molar-refractivity contribution in [2.75, 3.05) is 11.4 Å². The van der Waals surface area contributed by atoms with Gasteiger partial charge in [-0.15, -0.1) is 0 Å². The number of nitrogens with one attached hydrogen (secondary N) is 1. The van der Waals surface area contributed by atoms with Gasteiger partial charge in [0.05, 0.1) is 4.90 Å². The van der Waals surface area contributed by atoms with E-state index >= 15 is 0 Å². The molecule has 0 atom stereocenters. The van der Waals surface area contributed by atoms with Crippen LogP contribution < -0.4 is 9.62 Å². The Labute approximate surface area is 131 Å². The highest BCUT2D eigenvalue weighted by atomic mass is 32.2. The first kappa shape index (κ1) is 15.5. The number of fused-ring (bicyclic) bond motifs is 1. The molecule has 1 saturated carbocycles. The maximum absolute atomic E-state index is 12.5. The molecule has 2 aliphatic rings. The molecule has 0 spiro atoms. The molecule has 22 heavy (non-hydrogen) atoms. The van der Waals surface area contributed by atoms with Crippen molar-refractivity contribution in [2.24, 2.45) is 0 Å². The van der Waals surface area contributed by atoms with E-state index in [1.807, 2.05) is 0 Å².